The molecule has 0 aliphatic carbocycles. The number of rotatable bonds is 34. The monoisotopic (exact) mass is 709 g/mol. The maximum absolute atomic E-state index is 12.5. The van der Waals surface area contributed by atoms with Crippen molar-refractivity contribution in [3.8, 4) is 0 Å². The van der Waals surface area contributed by atoms with E-state index in [-0.39, 0.29) is 32.6 Å². The summed E-state index contributed by atoms with van der Waals surface area (Å²) in [5, 5.41) is 0. The van der Waals surface area contributed by atoms with Gasteiger partial charge >= 0.3 is 19.8 Å². The first kappa shape index (κ1) is 46.7. The van der Waals surface area contributed by atoms with Crippen LogP contribution in [0, 0.1) is 0 Å². The van der Waals surface area contributed by atoms with Crippen molar-refractivity contribution in [1.82, 2.24) is 0 Å². The van der Waals surface area contributed by atoms with Gasteiger partial charge in [0.2, 0.25) is 0 Å². The molecule has 0 aromatic heterocycles. The Kier molecular flexibility index (Phi) is 33.9. The van der Waals surface area contributed by atoms with Crippen LogP contribution in [0.5, 0.6) is 0 Å². The molecule has 0 fully saturated rings. The largest absolute Gasteiger partial charge is 0.472 e. The number of hydrogen-bond acceptors (Lipinski definition) is 8. The summed E-state index contributed by atoms with van der Waals surface area (Å²) in [6.07, 6.45) is 39.7. The number of phosphoric acid groups is 1. The highest BCUT2D eigenvalue weighted by atomic mass is 31.2. The number of esters is 2. The van der Waals surface area contributed by atoms with Gasteiger partial charge in [-0.2, -0.15) is 0 Å². The molecule has 0 spiro atoms. The minimum absolute atomic E-state index is 0.0437. The van der Waals surface area contributed by atoms with Crippen molar-refractivity contribution in [2.75, 3.05) is 26.4 Å². The second kappa shape index (κ2) is 35.5. The zero-order valence-electron chi connectivity index (χ0n) is 30.7. The summed E-state index contributed by atoms with van der Waals surface area (Å²) in [6.45, 7) is 3.51. The van der Waals surface area contributed by atoms with Crippen molar-refractivity contribution in [2.45, 2.75) is 148 Å². The third-order valence-electron chi connectivity index (χ3n) is 7.39. The fraction of sp³-hybridized carbons (Fsp3) is 0.692. The molecule has 0 heterocycles. The summed E-state index contributed by atoms with van der Waals surface area (Å²) in [4.78, 5) is 34.7. The zero-order chi connectivity index (χ0) is 36.1. The van der Waals surface area contributed by atoms with Crippen LogP contribution in [0.2, 0.25) is 0 Å². The smallest absolute Gasteiger partial charge is 0.462 e. The molecule has 10 heteroatoms. The van der Waals surface area contributed by atoms with Crippen molar-refractivity contribution in [3.63, 3.8) is 0 Å². The van der Waals surface area contributed by atoms with Crippen LogP contribution in [0.25, 0.3) is 0 Å². The summed E-state index contributed by atoms with van der Waals surface area (Å²) in [7, 11) is -4.38. The normalized spacial score (nSPS) is 14.1. The highest BCUT2D eigenvalue weighted by molar-refractivity contribution is 7.47. The average Bonchev–Trinajstić information content (AvgIpc) is 3.08. The van der Waals surface area contributed by atoms with Crippen LogP contribution in [-0.4, -0.2) is 49.3 Å². The highest BCUT2D eigenvalue weighted by Gasteiger charge is 2.25. The van der Waals surface area contributed by atoms with Gasteiger partial charge in [-0.15, -0.1) is 0 Å². The van der Waals surface area contributed by atoms with Gasteiger partial charge < -0.3 is 20.1 Å². The number of carbonyl (C=O) groups excluding carboxylic acids is 2. The molecule has 0 saturated carbocycles. The lowest BCUT2D eigenvalue weighted by Crippen LogP contribution is -2.29. The Morgan fingerprint density at radius 1 is 0.633 bits per heavy atom. The lowest BCUT2D eigenvalue weighted by molar-refractivity contribution is -0.161. The predicted molar refractivity (Wildman–Crippen MR) is 201 cm³/mol. The zero-order valence-corrected chi connectivity index (χ0v) is 31.5. The molecule has 0 aromatic rings. The van der Waals surface area contributed by atoms with E-state index in [4.69, 9.17) is 24.3 Å². The molecule has 282 valence electrons. The van der Waals surface area contributed by atoms with E-state index in [1.165, 1.54) is 25.7 Å². The van der Waals surface area contributed by atoms with Gasteiger partial charge in [-0.1, -0.05) is 113 Å². The maximum atomic E-state index is 12.5. The predicted octanol–water partition coefficient (Wildman–Crippen LogP) is 10.2. The maximum Gasteiger partial charge on any atom is 0.472 e. The molecule has 0 rings (SSSR count). The molecular formula is C39H68NO8P. The van der Waals surface area contributed by atoms with Crippen molar-refractivity contribution < 1.29 is 37.6 Å². The van der Waals surface area contributed by atoms with Gasteiger partial charge in [-0.25, -0.2) is 4.57 Å². The Bertz CT molecular complexity index is 992. The molecule has 0 radical (unpaired) electrons. The molecule has 2 unspecified atom stereocenters. The van der Waals surface area contributed by atoms with Gasteiger partial charge in [-0.3, -0.25) is 18.6 Å². The first-order chi connectivity index (χ1) is 23.8. The Balaban J connectivity index is 4.33. The minimum atomic E-state index is -4.38. The molecule has 0 aromatic carbocycles. The lowest BCUT2D eigenvalue weighted by atomic mass is 10.1. The average molecular weight is 710 g/mol. The van der Waals surface area contributed by atoms with Crippen LogP contribution >= 0.6 is 7.82 Å². The number of allylic oxidation sites excluding steroid dienone is 10. The standard InChI is InChI=1S/C39H68NO8P/c1-3-5-7-9-11-13-15-17-18-20-21-23-25-27-29-31-38(41)45-35-37(36-47-49(43,44)46-34-33-40)48-39(42)32-30-28-26-24-22-19-16-14-12-10-8-6-4-2/h5,7,11,13-14,16-18,21,23,37H,3-4,6,8-10,12,15,19-20,22,24-36,40H2,1-2H3,(H,43,44). The summed E-state index contributed by atoms with van der Waals surface area (Å²) in [6, 6.07) is 0. The van der Waals surface area contributed by atoms with Crippen LogP contribution in [0.1, 0.15) is 142 Å². The van der Waals surface area contributed by atoms with E-state index in [0.717, 1.165) is 77.0 Å². The molecule has 0 aliphatic rings. The Hall–Kier alpha value is -2.29. The van der Waals surface area contributed by atoms with Crippen molar-refractivity contribution in [3.05, 3.63) is 60.8 Å². The fourth-order valence-corrected chi connectivity index (χ4v) is 5.38. The number of ether oxygens (including phenoxy) is 2. The highest BCUT2D eigenvalue weighted by Crippen LogP contribution is 2.43. The van der Waals surface area contributed by atoms with Crippen molar-refractivity contribution >= 4 is 19.8 Å². The van der Waals surface area contributed by atoms with Crippen molar-refractivity contribution in [1.29, 1.82) is 0 Å². The van der Waals surface area contributed by atoms with Crippen LogP contribution in [0.4, 0.5) is 0 Å². The first-order valence-electron chi connectivity index (χ1n) is 18.8. The lowest BCUT2D eigenvalue weighted by Gasteiger charge is -2.19. The van der Waals surface area contributed by atoms with E-state index < -0.39 is 32.5 Å². The molecule has 2 atom stereocenters. The molecule has 0 amide bonds. The van der Waals surface area contributed by atoms with E-state index in [0.29, 0.717) is 12.8 Å². The topological polar surface area (TPSA) is 134 Å². The van der Waals surface area contributed by atoms with E-state index in [2.05, 4.69) is 74.6 Å². The third-order valence-corrected chi connectivity index (χ3v) is 8.37. The van der Waals surface area contributed by atoms with Gasteiger partial charge in [0, 0.05) is 19.4 Å². The first-order valence-corrected chi connectivity index (χ1v) is 20.3. The molecular weight excluding hydrogens is 641 g/mol. The van der Waals surface area contributed by atoms with E-state index in [1.54, 1.807) is 0 Å². The van der Waals surface area contributed by atoms with Gasteiger partial charge in [0.15, 0.2) is 6.10 Å². The van der Waals surface area contributed by atoms with Crippen LogP contribution in [0.15, 0.2) is 60.8 Å². The minimum Gasteiger partial charge on any atom is -0.462 e. The number of nitrogens with two attached hydrogens (primary N) is 1. The Morgan fingerprint density at radius 2 is 1.12 bits per heavy atom. The Morgan fingerprint density at radius 3 is 1.73 bits per heavy atom. The van der Waals surface area contributed by atoms with Gasteiger partial charge in [-0.05, 0) is 77.0 Å². The molecule has 9 nitrogen and oxygen atoms in total. The third kappa shape index (κ3) is 35.3. The fourth-order valence-electron chi connectivity index (χ4n) is 4.62. The second-order valence-electron chi connectivity index (χ2n) is 12.1. The summed E-state index contributed by atoms with van der Waals surface area (Å²) in [5.41, 5.74) is 5.32. The number of carbonyl (C=O) groups is 2. The molecule has 0 aliphatic heterocycles. The van der Waals surface area contributed by atoms with Crippen LogP contribution < -0.4 is 5.73 Å². The van der Waals surface area contributed by atoms with Crippen molar-refractivity contribution in [2.24, 2.45) is 5.73 Å². The van der Waals surface area contributed by atoms with Crippen LogP contribution in [-0.2, 0) is 32.7 Å². The van der Waals surface area contributed by atoms with Gasteiger partial charge in [0.25, 0.3) is 0 Å². The van der Waals surface area contributed by atoms with Gasteiger partial charge in [0.05, 0.1) is 13.2 Å². The summed E-state index contributed by atoms with van der Waals surface area (Å²) >= 11 is 0. The molecule has 0 saturated heterocycles. The quantitative estimate of drug-likeness (QED) is 0.0290. The number of phosphoric ester groups is 1. The number of unbranched alkanes of at least 4 members (excludes halogenated alkanes) is 11. The van der Waals surface area contributed by atoms with E-state index in [9.17, 15) is 19.0 Å². The summed E-state index contributed by atoms with van der Waals surface area (Å²) < 4.78 is 32.6. The molecule has 3 N–H and O–H groups in total. The van der Waals surface area contributed by atoms with E-state index in [1.807, 2.05) is 0 Å². The summed E-state index contributed by atoms with van der Waals surface area (Å²) in [5.74, 6) is -0.895. The molecule has 0 bridgehead atoms. The van der Waals surface area contributed by atoms with Crippen LogP contribution in [0.3, 0.4) is 0 Å². The number of hydrogen-bond donors (Lipinski definition) is 2. The molecule has 49 heavy (non-hydrogen) atoms. The van der Waals surface area contributed by atoms with E-state index >= 15 is 0 Å². The SMILES string of the molecule is CCC=CCC=CCC=CCC=CCCCCC(=O)OCC(COP(=O)(O)OCCN)OC(=O)CCCCCCCC=CCCCCCC. The van der Waals surface area contributed by atoms with Gasteiger partial charge in [0.1, 0.15) is 6.61 Å². The Labute approximate surface area is 298 Å². The second-order valence-corrected chi connectivity index (χ2v) is 13.5.